The minimum atomic E-state index is -4.28. The van der Waals surface area contributed by atoms with E-state index in [-0.39, 0.29) is 60.1 Å². The van der Waals surface area contributed by atoms with Crippen molar-refractivity contribution >= 4 is 33.4 Å². The second-order valence-corrected chi connectivity index (χ2v) is 9.96. The lowest BCUT2D eigenvalue weighted by Crippen LogP contribution is -2.48. The number of rotatable bonds is 8. The minimum absolute atomic E-state index is 0.0654. The summed E-state index contributed by atoms with van der Waals surface area (Å²) in [5.74, 6) is -0.174. The van der Waals surface area contributed by atoms with Crippen molar-refractivity contribution in [3.63, 3.8) is 0 Å². The summed E-state index contributed by atoms with van der Waals surface area (Å²) in [6, 6.07) is 4.30. The van der Waals surface area contributed by atoms with Gasteiger partial charge in [0.15, 0.2) is 4.90 Å². The molecule has 2 aliphatic heterocycles. The number of amides is 2. The van der Waals surface area contributed by atoms with Gasteiger partial charge in [0, 0.05) is 19.2 Å². The topological polar surface area (TPSA) is 172 Å². The van der Waals surface area contributed by atoms with E-state index in [0.717, 1.165) is 17.1 Å². The summed E-state index contributed by atoms with van der Waals surface area (Å²) in [6.45, 7) is 1.37. The third-order valence-corrected chi connectivity index (χ3v) is 7.46. The Hall–Kier alpha value is -3.52. The van der Waals surface area contributed by atoms with Gasteiger partial charge in [-0.15, -0.1) is 5.10 Å². The number of fused-ring (bicyclic) bond motifs is 2. The Labute approximate surface area is 201 Å². The summed E-state index contributed by atoms with van der Waals surface area (Å²) in [5, 5.41) is 27.5. The maximum atomic E-state index is 14.1. The number of aryl methyl sites for hydroxylation is 1. The maximum Gasteiger partial charge on any atom is 0.409 e. The third-order valence-electron chi connectivity index (χ3n) is 5.61. The number of aliphatic hydroxyl groups excluding tert-OH is 1. The molecule has 3 heterocycles. The first-order valence-electron chi connectivity index (χ1n) is 11.1. The zero-order valence-corrected chi connectivity index (χ0v) is 19.9. The molecule has 0 saturated carbocycles. The van der Waals surface area contributed by atoms with Gasteiger partial charge in [-0.25, -0.2) is 13.2 Å². The van der Waals surface area contributed by atoms with Crippen LogP contribution in [0.2, 0.25) is 0 Å². The van der Waals surface area contributed by atoms with Crippen molar-refractivity contribution < 1.29 is 37.7 Å². The van der Waals surface area contributed by atoms with E-state index in [1.807, 2.05) is 0 Å². The number of benzene rings is 1. The fourth-order valence-electron chi connectivity index (χ4n) is 4.15. The summed E-state index contributed by atoms with van der Waals surface area (Å²) >= 11 is 0. The van der Waals surface area contributed by atoms with Crippen LogP contribution in [0.25, 0.3) is 0 Å². The summed E-state index contributed by atoms with van der Waals surface area (Å²) in [5.41, 5.74) is 0.809. The molecule has 4 rings (SSSR count). The highest BCUT2D eigenvalue weighted by atomic mass is 32.2. The van der Waals surface area contributed by atoms with Gasteiger partial charge in [0.1, 0.15) is 18.5 Å². The lowest BCUT2D eigenvalue weighted by molar-refractivity contribution is -0.119. The number of carboxylic acid groups (broad SMARTS) is 1. The smallest absolute Gasteiger partial charge is 0.409 e. The molecule has 1 atom stereocenters. The zero-order chi connectivity index (χ0) is 25.2. The largest absolute Gasteiger partial charge is 0.484 e. The van der Waals surface area contributed by atoms with Crippen LogP contribution >= 0.6 is 0 Å². The molecule has 2 aromatic rings. The van der Waals surface area contributed by atoms with Crippen LogP contribution in [0.1, 0.15) is 25.5 Å². The fourth-order valence-corrected chi connectivity index (χ4v) is 5.96. The van der Waals surface area contributed by atoms with E-state index in [9.17, 15) is 23.1 Å². The molecular weight excluding hydrogens is 482 g/mol. The number of nitrogens with one attached hydrogen (secondary N) is 2. The van der Waals surface area contributed by atoms with Gasteiger partial charge < -0.3 is 25.0 Å². The highest BCUT2D eigenvalue weighted by molar-refractivity contribution is 7.93. The number of nitrogens with zero attached hydrogens (tertiary/aromatic N) is 3. The van der Waals surface area contributed by atoms with Crippen LogP contribution in [0.5, 0.6) is 11.6 Å². The van der Waals surface area contributed by atoms with E-state index < -0.39 is 22.2 Å². The zero-order valence-electron chi connectivity index (χ0n) is 19.1. The van der Waals surface area contributed by atoms with Crippen molar-refractivity contribution in [2.75, 3.05) is 35.9 Å². The molecule has 190 valence electrons. The Kier molecular flexibility index (Phi) is 7.03. The second kappa shape index (κ2) is 10.00. The Morgan fingerprint density at radius 3 is 2.83 bits per heavy atom. The second-order valence-electron chi connectivity index (χ2n) is 8.16. The molecule has 0 fully saturated rings. The standard InChI is InChI=1S/C21H27N5O8S/c1-13(28)22-11-15-12-26(17-10-14(23-21(29)30)5-6-18(17)34-15)35(31,32)19-16-4-2-3-7-25(16)24-20(19)33-9-8-27/h5-6,10,15,23,27H,2-4,7-9,11-12H2,1H3,(H,22,28)(H,29,30). The average Bonchev–Trinajstić information content (AvgIpc) is 3.19. The number of aromatic nitrogens is 2. The van der Waals surface area contributed by atoms with E-state index in [1.165, 1.54) is 25.1 Å². The molecule has 14 heteroatoms. The van der Waals surface area contributed by atoms with E-state index in [0.29, 0.717) is 18.7 Å². The molecule has 4 N–H and O–H groups in total. The molecule has 0 spiro atoms. The van der Waals surface area contributed by atoms with E-state index in [1.54, 1.807) is 4.68 Å². The molecular formula is C21H27N5O8S. The fraction of sp³-hybridized carbons (Fsp3) is 0.476. The van der Waals surface area contributed by atoms with Gasteiger partial charge in [-0.1, -0.05) is 0 Å². The number of anilines is 2. The number of hydrogen-bond donors (Lipinski definition) is 4. The molecule has 1 aromatic carbocycles. The summed E-state index contributed by atoms with van der Waals surface area (Å²) in [7, 11) is -4.28. The average molecular weight is 510 g/mol. The third kappa shape index (κ3) is 5.12. The van der Waals surface area contributed by atoms with Gasteiger partial charge in [0.25, 0.3) is 15.9 Å². The quantitative estimate of drug-likeness (QED) is 0.401. The predicted octanol–water partition coefficient (Wildman–Crippen LogP) is 0.773. The van der Waals surface area contributed by atoms with Crippen LogP contribution in [0.15, 0.2) is 23.1 Å². The first-order valence-corrected chi connectivity index (χ1v) is 12.6. The summed E-state index contributed by atoms with van der Waals surface area (Å²) in [6.07, 6.45) is 0.108. The van der Waals surface area contributed by atoms with Crippen molar-refractivity contribution in [3.05, 3.63) is 23.9 Å². The number of carbonyl (C=O) groups excluding carboxylic acids is 1. The van der Waals surface area contributed by atoms with Crippen molar-refractivity contribution in [1.29, 1.82) is 0 Å². The van der Waals surface area contributed by atoms with Crippen LogP contribution in [-0.2, 0) is 27.8 Å². The molecule has 13 nitrogen and oxygen atoms in total. The highest BCUT2D eigenvalue weighted by Gasteiger charge is 2.40. The van der Waals surface area contributed by atoms with Crippen LogP contribution in [0, 0.1) is 0 Å². The van der Waals surface area contributed by atoms with E-state index >= 15 is 0 Å². The van der Waals surface area contributed by atoms with Crippen molar-refractivity contribution in [2.45, 2.75) is 43.7 Å². The van der Waals surface area contributed by atoms with E-state index in [4.69, 9.17) is 14.6 Å². The van der Waals surface area contributed by atoms with Crippen LogP contribution in [-0.4, -0.2) is 72.8 Å². The van der Waals surface area contributed by atoms with Gasteiger partial charge in [0.05, 0.1) is 31.1 Å². The molecule has 2 amide bonds. The van der Waals surface area contributed by atoms with Gasteiger partial charge in [-0.3, -0.25) is 19.1 Å². The monoisotopic (exact) mass is 509 g/mol. The van der Waals surface area contributed by atoms with Gasteiger partial charge in [-0.2, -0.15) is 0 Å². The molecule has 0 radical (unpaired) electrons. The normalized spacial score (nSPS) is 17.1. The molecule has 0 bridgehead atoms. The summed E-state index contributed by atoms with van der Waals surface area (Å²) < 4.78 is 42.4. The van der Waals surface area contributed by atoms with Crippen molar-refractivity contribution in [1.82, 2.24) is 15.1 Å². The van der Waals surface area contributed by atoms with E-state index in [2.05, 4.69) is 15.7 Å². The summed E-state index contributed by atoms with van der Waals surface area (Å²) in [4.78, 5) is 22.5. The highest BCUT2D eigenvalue weighted by Crippen LogP contribution is 2.42. The molecule has 1 aromatic heterocycles. The van der Waals surface area contributed by atoms with Crippen LogP contribution in [0.3, 0.4) is 0 Å². The maximum absolute atomic E-state index is 14.1. The molecule has 0 aliphatic carbocycles. The van der Waals surface area contributed by atoms with Gasteiger partial charge >= 0.3 is 6.09 Å². The first kappa shape index (κ1) is 24.6. The van der Waals surface area contributed by atoms with Gasteiger partial charge in [-0.05, 0) is 37.5 Å². The van der Waals surface area contributed by atoms with Crippen molar-refractivity contribution in [3.8, 4) is 11.6 Å². The number of aliphatic hydroxyl groups is 1. The van der Waals surface area contributed by atoms with Crippen LogP contribution in [0.4, 0.5) is 16.2 Å². The lowest BCUT2D eigenvalue weighted by atomic mass is 10.1. The number of carbonyl (C=O) groups is 2. The lowest BCUT2D eigenvalue weighted by Gasteiger charge is -2.36. The first-order chi connectivity index (χ1) is 16.7. The SMILES string of the molecule is CC(=O)NCC1CN(S(=O)(=O)c2c(OCCO)nn3c2CCCC3)c2cc(NC(=O)O)ccc2O1. The van der Waals surface area contributed by atoms with Crippen LogP contribution < -0.4 is 24.4 Å². The Morgan fingerprint density at radius 1 is 1.31 bits per heavy atom. The Morgan fingerprint density at radius 2 is 2.11 bits per heavy atom. The predicted molar refractivity (Wildman–Crippen MR) is 123 cm³/mol. The minimum Gasteiger partial charge on any atom is -0.484 e. The van der Waals surface area contributed by atoms with Gasteiger partial charge in [0.2, 0.25) is 5.91 Å². The molecule has 35 heavy (non-hydrogen) atoms. The van der Waals surface area contributed by atoms with Crippen molar-refractivity contribution in [2.24, 2.45) is 0 Å². The molecule has 2 aliphatic rings. The molecule has 0 saturated heterocycles. The number of sulfonamides is 1. The Balaban J connectivity index is 1.81. The number of ether oxygens (including phenoxy) is 2. The number of hydrogen-bond acceptors (Lipinski definition) is 8. The molecule has 1 unspecified atom stereocenters. The Bertz CT molecular complexity index is 1230.